The number of rotatable bonds is 12. The molecule has 228 valence electrons. The number of carbonyl (C=O) groups excluding carboxylic acids is 4. The van der Waals surface area contributed by atoms with Crippen LogP contribution in [0.2, 0.25) is 0 Å². The van der Waals surface area contributed by atoms with Crippen molar-refractivity contribution in [2.24, 2.45) is 16.2 Å². The van der Waals surface area contributed by atoms with Gasteiger partial charge in [-0.25, -0.2) is 9.59 Å². The van der Waals surface area contributed by atoms with Crippen molar-refractivity contribution in [1.29, 1.82) is 0 Å². The van der Waals surface area contributed by atoms with E-state index in [2.05, 4.69) is 4.74 Å². The lowest BCUT2D eigenvalue weighted by Gasteiger charge is -2.39. The van der Waals surface area contributed by atoms with Crippen LogP contribution >= 0.6 is 0 Å². The smallest absolute Gasteiger partial charge is 0.344 e. The monoisotopic (exact) mass is 544 g/mol. The van der Waals surface area contributed by atoms with Gasteiger partial charge < -0.3 is 24.1 Å². The molecule has 0 aromatic heterocycles. The van der Waals surface area contributed by atoms with E-state index >= 15 is 0 Å². The Bertz CT molecular complexity index is 672. The van der Waals surface area contributed by atoms with Gasteiger partial charge in [0.2, 0.25) is 0 Å². The molecule has 2 unspecified atom stereocenters. The van der Waals surface area contributed by atoms with Crippen LogP contribution in [0.3, 0.4) is 0 Å². The first-order valence-electron chi connectivity index (χ1n) is 9.39. The molecule has 2 atom stereocenters. The molecule has 0 aliphatic heterocycles. The second-order valence-electron chi connectivity index (χ2n) is 8.33. The number of hydrogen-bond donors (Lipinski definition) is 1. The van der Waals surface area contributed by atoms with Crippen LogP contribution in [0.5, 0.6) is 0 Å². The van der Waals surface area contributed by atoms with E-state index in [4.69, 9.17) is 19.3 Å². The summed E-state index contributed by atoms with van der Waals surface area (Å²) < 4.78 is 19.2. The molecule has 37 heavy (non-hydrogen) atoms. The standard InChI is InChI=1S/C20H32O10.7CH4/c1-8-19(4,16(25)29-9-13(21)22)12-20(5,11-18(2,3)15(24)28-7)17(26)30-10-14(23)27-6;;;;;;;/h8-12H2,1-7H3,(H,21,22);7*1H4. The molecule has 0 amide bonds. The van der Waals surface area contributed by atoms with Crippen LogP contribution in [0.1, 0.15) is 106 Å². The highest BCUT2D eigenvalue weighted by Crippen LogP contribution is 2.45. The Balaban J connectivity index is -0.000000200. The number of esters is 4. The summed E-state index contributed by atoms with van der Waals surface area (Å²) in [5.41, 5.74) is -3.77. The van der Waals surface area contributed by atoms with Crippen LogP contribution in [0.15, 0.2) is 0 Å². The summed E-state index contributed by atoms with van der Waals surface area (Å²) in [5.74, 6) is -4.25. The molecular formula is C27H60O10. The lowest BCUT2D eigenvalue weighted by atomic mass is 9.65. The van der Waals surface area contributed by atoms with Gasteiger partial charge in [-0.3, -0.25) is 14.4 Å². The van der Waals surface area contributed by atoms with Crippen molar-refractivity contribution < 1.29 is 48.0 Å². The molecule has 10 nitrogen and oxygen atoms in total. The topological polar surface area (TPSA) is 143 Å². The lowest BCUT2D eigenvalue weighted by molar-refractivity contribution is -0.173. The average molecular weight is 545 g/mol. The first kappa shape index (κ1) is 55.0. The van der Waals surface area contributed by atoms with Crippen molar-refractivity contribution in [2.45, 2.75) is 106 Å². The van der Waals surface area contributed by atoms with Crippen LogP contribution < -0.4 is 0 Å². The van der Waals surface area contributed by atoms with Crippen molar-refractivity contribution in [3.63, 3.8) is 0 Å². The Labute approximate surface area is 227 Å². The Morgan fingerprint density at radius 3 is 1.38 bits per heavy atom. The normalized spacial score (nSPS) is 12.3. The van der Waals surface area contributed by atoms with E-state index in [9.17, 15) is 24.0 Å². The predicted octanol–water partition coefficient (Wildman–Crippen LogP) is 6.19. The van der Waals surface area contributed by atoms with Gasteiger partial charge in [-0.05, 0) is 47.0 Å². The minimum Gasteiger partial charge on any atom is -0.479 e. The van der Waals surface area contributed by atoms with Crippen molar-refractivity contribution >= 4 is 29.8 Å². The van der Waals surface area contributed by atoms with Crippen LogP contribution in [-0.2, 0) is 42.9 Å². The second kappa shape index (κ2) is 22.5. The highest BCUT2D eigenvalue weighted by atomic mass is 16.6. The average Bonchev–Trinajstić information content (AvgIpc) is 2.67. The zero-order valence-electron chi connectivity index (χ0n) is 18.7. The van der Waals surface area contributed by atoms with Gasteiger partial charge in [0.15, 0.2) is 13.2 Å². The Hall–Kier alpha value is -2.65. The third kappa shape index (κ3) is 16.7. The number of ether oxygens (including phenoxy) is 4. The number of aliphatic carboxylic acids is 1. The molecule has 0 saturated heterocycles. The minimum absolute atomic E-state index is 0. The molecule has 0 spiro atoms. The number of methoxy groups -OCH3 is 2. The summed E-state index contributed by atoms with van der Waals surface area (Å²) in [4.78, 5) is 59.8. The van der Waals surface area contributed by atoms with Crippen LogP contribution in [0.4, 0.5) is 0 Å². The zero-order valence-corrected chi connectivity index (χ0v) is 18.7. The maximum absolute atomic E-state index is 12.9. The number of carboxylic acid groups (broad SMARTS) is 1. The van der Waals surface area contributed by atoms with Gasteiger partial charge in [0, 0.05) is 0 Å². The van der Waals surface area contributed by atoms with Crippen molar-refractivity contribution in [2.75, 3.05) is 27.4 Å². The maximum Gasteiger partial charge on any atom is 0.344 e. The molecule has 0 aliphatic carbocycles. The highest BCUT2D eigenvalue weighted by Gasteiger charge is 2.50. The molecule has 1 N–H and O–H groups in total. The van der Waals surface area contributed by atoms with E-state index in [-0.39, 0.29) is 71.2 Å². The molecule has 0 fully saturated rings. The van der Waals surface area contributed by atoms with Crippen LogP contribution in [0.25, 0.3) is 0 Å². The zero-order chi connectivity index (χ0) is 23.8. The predicted molar refractivity (Wildman–Crippen MR) is 150 cm³/mol. The highest BCUT2D eigenvalue weighted by molar-refractivity contribution is 5.84. The van der Waals surface area contributed by atoms with E-state index in [1.54, 1.807) is 20.8 Å². The summed E-state index contributed by atoms with van der Waals surface area (Å²) in [5, 5.41) is 8.76. The Kier molecular flexibility index (Phi) is 33.5. The molecule has 0 bridgehead atoms. The van der Waals surface area contributed by atoms with Gasteiger partial charge in [-0.15, -0.1) is 0 Å². The van der Waals surface area contributed by atoms with Crippen LogP contribution in [-0.4, -0.2) is 62.4 Å². The van der Waals surface area contributed by atoms with Gasteiger partial charge in [0.1, 0.15) is 0 Å². The fourth-order valence-electron chi connectivity index (χ4n) is 3.39. The SMILES string of the molecule is C.C.C.C.C.C.C.CCC(C)(CC(C)(CC(C)(C)C(=O)OC)C(=O)OCC(=O)OC)C(=O)OCC(=O)O. The van der Waals surface area contributed by atoms with Crippen molar-refractivity contribution in [1.82, 2.24) is 0 Å². The summed E-state index contributed by atoms with van der Waals surface area (Å²) in [6.45, 7) is 6.45. The van der Waals surface area contributed by atoms with E-state index < -0.39 is 59.3 Å². The third-order valence-electron chi connectivity index (χ3n) is 4.99. The molecule has 0 radical (unpaired) electrons. The minimum atomic E-state index is -1.40. The van der Waals surface area contributed by atoms with Crippen molar-refractivity contribution in [3.05, 3.63) is 0 Å². The summed E-state index contributed by atoms with van der Waals surface area (Å²) in [6, 6.07) is 0. The van der Waals surface area contributed by atoms with E-state index in [1.165, 1.54) is 21.0 Å². The summed E-state index contributed by atoms with van der Waals surface area (Å²) >= 11 is 0. The van der Waals surface area contributed by atoms with Gasteiger partial charge >= 0.3 is 29.8 Å². The van der Waals surface area contributed by atoms with Gasteiger partial charge in [0.25, 0.3) is 0 Å². The van der Waals surface area contributed by atoms with E-state index in [0.29, 0.717) is 0 Å². The molecule has 10 heteroatoms. The molecular weight excluding hydrogens is 484 g/mol. The van der Waals surface area contributed by atoms with Gasteiger partial charge in [0.05, 0.1) is 30.5 Å². The quantitative estimate of drug-likeness (QED) is 0.223. The van der Waals surface area contributed by atoms with E-state index in [1.807, 2.05) is 0 Å². The first-order valence-corrected chi connectivity index (χ1v) is 9.39. The molecule has 0 aromatic carbocycles. The van der Waals surface area contributed by atoms with Crippen LogP contribution in [0, 0.1) is 16.2 Å². The van der Waals surface area contributed by atoms with Gasteiger partial charge in [-0.1, -0.05) is 58.9 Å². The summed E-state index contributed by atoms with van der Waals surface area (Å²) in [7, 11) is 2.36. The van der Waals surface area contributed by atoms with Gasteiger partial charge in [-0.2, -0.15) is 0 Å². The molecule has 0 aromatic rings. The fraction of sp³-hybridized carbons (Fsp3) is 0.815. The Morgan fingerprint density at radius 1 is 0.622 bits per heavy atom. The van der Waals surface area contributed by atoms with E-state index in [0.717, 1.165) is 7.11 Å². The molecule has 0 aliphatic rings. The number of carboxylic acids is 1. The summed E-state index contributed by atoms with van der Waals surface area (Å²) in [6.07, 6.45) is 0.0494. The third-order valence-corrected chi connectivity index (χ3v) is 4.99. The second-order valence-corrected chi connectivity index (χ2v) is 8.33. The Morgan fingerprint density at radius 2 is 1.03 bits per heavy atom. The van der Waals surface area contributed by atoms with Crippen molar-refractivity contribution in [3.8, 4) is 0 Å². The number of hydrogen-bond acceptors (Lipinski definition) is 9. The lowest BCUT2D eigenvalue weighted by Crippen LogP contribution is -2.44. The molecule has 0 rings (SSSR count). The molecule has 0 saturated carbocycles. The largest absolute Gasteiger partial charge is 0.479 e. The maximum atomic E-state index is 12.9. The number of carbonyl (C=O) groups is 5. The first-order chi connectivity index (χ1) is 13.7. The molecule has 0 heterocycles. The fourth-order valence-corrected chi connectivity index (χ4v) is 3.39.